The number of rotatable bonds is 3. The Balaban J connectivity index is 2.20. The Kier molecular flexibility index (Phi) is 3.14. The fourth-order valence-corrected chi connectivity index (χ4v) is 1.85. The standard InChI is InChI=1S/C12H14F3NO/c13-12(14,15)9-3-1-2-8(6-9)10(16)11(17)7-4-5-7/h1-3,6-7,10-11,17H,4-5,16H2/t10-,11+/m1/s1. The van der Waals surface area contributed by atoms with Crippen LogP contribution in [-0.2, 0) is 6.18 Å². The van der Waals surface area contributed by atoms with Gasteiger partial charge in [-0.05, 0) is 36.5 Å². The SMILES string of the molecule is N[C@H](c1cccc(C(F)(F)F)c1)[C@@H](O)C1CC1. The first-order valence-electron chi connectivity index (χ1n) is 5.50. The molecule has 1 aliphatic rings. The molecule has 1 fully saturated rings. The monoisotopic (exact) mass is 245 g/mol. The van der Waals surface area contributed by atoms with Gasteiger partial charge in [-0.2, -0.15) is 13.2 Å². The molecule has 0 aromatic heterocycles. The summed E-state index contributed by atoms with van der Waals surface area (Å²) in [7, 11) is 0. The fraction of sp³-hybridized carbons (Fsp3) is 0.500. The number of hydrogen-bond donors (Lipinski definition) is 2. The minimum absolute atomic E-state index is 0.138. The van der Waals surface area contributed by atoms with Crippen molar-refractivity contribution in [2.45, 2.75) is 31.2 Å². The molecule has 0 amide bonds. The van der Waals surface area contributed by atoms with Crippen molar-refractivity contribution in [2.75, 3.05) is 0 Å². The lowest BCUT2D eigenvalue weighted by Crippen LogP contribution is -2.28. The van der Waals surface area contributed by atoms with E-state index in [1.54, 1.807) is 0 Å². The highest BCUT2D eigenvalue weighted by Gasteiger charge is 2.35. The molecule has 17 heavy (non-hydrogen) atoms. The summed E-state index contributed by atoms with van der Waals surface area (Å²) in [4.78, 5) is 0. The minimum atomic E-state index is -4.37. The molecule has 1 aromatic carbocycles. The number of aliphatic hydroxyl groups excluding tert-OH is 1. The quantitative estimate of drug-likeness (QED) is 0.859. The Hall–Kier alpha value is -1.07. The van der Waals surface area contributed by atoms with Gasteiger partial charge in [0.05, 0.1) is 17.7 Å². The van der Waals surface area contributed by atoms with E-state index in [4.69, 9.17) is 5.73 Å². The second-order valence-electron chi connectivity index (χ2n) is 4.48. The predicted molar refractivity (Wildman–Crippen MR) is 57.1 cm³/mol. The maximum Gasteiger partial charge on any atom is 0.416 e. The van der Waals surface area contributed by atoms with Crippen LogP contribution < -0.4 is 5.73 Å². The van der Waals surface area contributed by atoms with Gasteiger partial charge >= 0.3 is 6.18 Å². The van der Waals surface area contributed by atoms with E-state index in [0.29, 0.717) is 5.56 Å². The van der Waals surface area contributed by atoms with E-state index < -0.39 is 23.9 Å². The fourth-order valence-electron chi connectivity index (χ4n) is 1.85. The van der Waals surface area contributed by atoms with Crippen LogP contribution in [0.15, 0.2) is 24.3 Å². The maximum absolute atomic E-state index is 12.5. The molecule has 2 rings (SSSR count). The number of alkyl halides is 3. The van der Waals surface area contributed by atoms with Crippen LogP contribution in [0.1, 0.15) is 30.0 Å². The highest BCUT2D eigenvalue weighted by atomic mass is 19.4. The summed E-state index contributed by atoms with van der Waals surface area (Å²) in [6, 6.07) is 4.10. The smallest absolute Gasteiger partial charge is 0.391 e. The van der Waals surface area contributed by atoms with Crippen molar-refractivity contribution < 1.29 is 18.3 Å². The van der Waals surface area contributed by atoms with E-state index in [9.17, 15) is 18.3 Å². The van der Waals surface area contributed by atoms with Crippen molar-refractivity contribution >= 4 is 0 Å². The summed E-state index contributed by atoms with van der Waals surface area (Å²) in [5.41, 5.74) is 5.38. The molecule has 0 bridgehead atoms. The van der Waals surface area contributed by atoms with E-state index >= 15 is 0 Å². The molecule has 2 atom stereocenters. The van der Waals surface area contributed by atoms with Crippen LogP contribution in [0.4, 0.5) is 13.2 Å². The topological polar surface area (TPSA) is 46.2 Å². The number of halogens is 3. The van der Waals surface area contributed by atoms with Gasteiger partial charge in [0.25, 0.3) is 0 Å². The molecule has 3 N–H and O–H groups in total. The number of aliphatic hydroxyl groups is 1. The van der Waals surface area contributed by atoms with Crippen molar-refractivity contribution in [2.24, 2.45) is 11.7 Å². The molecule has 1 saturated carbocycles. The lowest BCUT2D eigenvalue weighted by atomic mass is 9.97. The van der Waals surface area contributed by atoms with Crippen molar-refractivity contribution in [1.82, 2.24) is 0 Å². The molecule has 0 saturated heterocycles. The van der Waals surface area contributed by atoms with E-state index in [1.807, 2.05) is 0 Å². The summed E-state index contributed by atoms with van der Waals surface area (Å²) >= 11 is 0. The van der Waals surface area contributed by atoms with Gasteiger partial charge in [0.15, 0.2) is 0 Å². The van der Waals surface area contributed by atoms with Gasteiger partial charge in [-0.15, -0.1) is 0 Å². The molecule has 1 aromatic rings. The van der Waals surface area contributed by atoms with Gasteiger partial charge in [0, 0.05) is 0 Å². The third-order valence-electron chi connectivity index (χ3n) is 3.07. The zero-order chi connectivity index (χ0) is 12.6. The zero-order valence-corrected chi connectivity index (χ0v) is 9.11. The van der Waals surface area contributed by atoms with Gasteiger partial charge in [-0.3, -0.25) is 0 Å². The third kappa shape index (κ3) is 2.79. The highest BCUT2D eigenvalue weighted by Crippen LogP contribution is 2.38. The minimum Gasteiger partial charge on any atom is -0.391 e. The van der Waals surface area contributed by atoms with Crippen LogP contribution in [-0.4, -0.2) is 11.2 Å². The van der Waals surface area contributed by atoms with Crippen LogP contribution in [0, 0.1) is 5.92 Å². The van der Waals surface area contributed by atoms with Crippen LogP contribution in [0.25, 0.3) is 0 Å². The van der Waals surface area contributed by atoms with Crippen LogP contribution in [0.2, 0.25) is 0 Å². The Labute approximate surface area is 97.2 Å². The molecule has 0 aliphatic heterocycles. The molecule has 0 unspecified atom stereocenters. The largest absolute Gasteiger partial charge is 0.416 e. The molecule has 2 nitrogen and oxygen atoms in total. The Bertz CT molecular complexity index is 401. The summed E-state index contributed by atoms with van der Waals surface area (Å²) in [6.45, 7) is 0. The molecule has 0 radical (unpaired) electrons. The zero-order valence-electron chi connectivity index (χ0n) is 9.11. The summed E-state index contributed by atoms with van der Waals surface area (Å²) < 4.78 is 37.5. The van der Waals surface area contributed by atoms with Gasteiger partial charge < -0.3 is 10.8 Å². The third-order valence-corrected chi connectivity index (χ3v) is 3.07. The average molecular weight is 245 g/mol. The molecule has 94 valence electrons. The van der Waals surface area contributed by atoms with E-state index in [1.165, 1.54) is 12.1 Å². The maximum atomic E-state index is 12.5. The van der Waals surface area contributed by atoms with Gasteiger partial charge in [0.2, 0.25) is 0 Å². The Morgan fingerprint density at radius 2 is 1.94 bits per heavy atom. The summed E-state index contributed by atoms with van der Waals surface area (Å²) in [5, 5.41) is 9.80. The number of hydrogen-bond acceptors (Lipinski definition) is 2. The second kappa shape index (κ2) is 4.31. The first kappa shape index (κ1) is 12.4. The highest BCUT2D eigenvalue weighted by molar-refractivity contribution is 5.28. The Morgan fingerprint density at radius 3 is 2.47 bits per heavy atom. The summed E-state index contributed by atoms with van der Waals surface area (Å²) in [6.07, 6.45) is -3.33. The van der Waals surface area contributed by atoms with E-state index in [0.717, 1.165) is 25.0 Å². The van der Waals surface area contributed by atoms with Crippen molar-refractivity contribution in [3.63, 3.8) is 0 Å². The average Bonchev–Trinajstić information content (AvgIpc) is 3.10. The van der Waals surface area contributed by atoms with Crippen LogP contribution in [0.5, 0.6) is 0 Å². The molecular formula is C12H14F3NO. The Morgan fingerprint density at radius 1 is 1.29 bits per heavy atom. The van der Waals surface area contributed by atoms with E-state index in [-0.39, 0.29) is 5.92 Å². The number of benzene rings is 1. The second-order valence-corrected chi connectivity index (χ2v) is 4.48. The van der Waals surface area contributed by atoms with Gasteiger partial charge in [0.1, 0.15) is 0 Å². The van der Waals surface area contributed by atoms with E-state index in [2.05, 4.69) is 0 Å². The first-order valence-corrected chi connectivity index (χ1v) is 5.50. The predicted octanol–water partition coefficient (Wildman–Crippen LogP) is 2.48. The summed E-state index contributed by atoms with van der Waals surface area (Å²) in [5.74, 6) is 0.138. The number of nitrogens with two attached hydrogens (primary N) is 1. The molecule has 0 heterocycles. The van der Waals surface area contributed by atoms with Crippen LogP contribution >= 0.6 is 0 Å². The molecule has 0 spiro atoms. The molecular weight excluding hydrogens is 231 g/mol. The molecule has 5 heteroatoms. The normalized spacial score (nSPS) is 20.1. The van der Waals surface area contributed by atoms with Gasteiger partial charge in [-0.1, -0.05) is 12.1 Å². The molecule has 1 aliphatic carbocycles. The van der Waals surface area contributed by atoms with Crippen molar-refractivity contribution in [3.8, 4) is 0 Å². The van der Waals surface area contributed by atoms with Gasteiger partial charge in [-0.25, -0.2) is 0 Å². The van der Waals surface area contributed by atoms with Crippen molar-refractivity contribution in [3.05, 3.63) is 35.4 Å². The first-order chi connectivity index (χ1) is 7.89. The van der Waals surface area contributed by atoms with Crippen molar-refractivity contribution in [1.29, 1.82) is 0 Å². The van der Waals surface area contributed by atoms with Crippen LogP contribution in [0.3, 0.4) is 0 Å². The lowest BCUT2D eigenvalue weighted by molar-refractivity contribution is -0.137. The lowest BCUT2D eigenvalue weighted by Gasteiger charge is -2.19.